The Kier molecular flexibility index (Phi) is 5.55. The summed E-state index contributed by atoms with van der Waals surface area (Å²) in [6.45, 7) is 17.2. The minimum Gasteiger partial charge on any atom is -0.469 e. The molecule has 0 aliphatic heterocycles. The number of allylic oxidation sites excluding steroid dienone is 2. The molecule has 0 saturated heterocycles. The summed E-state index contributed by atoms with van der Waals surface area (Å²) in [6.07, 6.45) is 11.2. The second-order valence-electron chi connectivity index (χ2n) is 14.5. The lowest BCUT2D eigenvalue weighted by atomic mass is 9.32. The minimum absolute atomic E-state index is 0.0823. The Labute approximate surface area is 208 Å². The van der Waals surface area contributed by atoms with Crippen LogP contribution in [0, 0.1) is 50.7 Å². The third kappa shape index (κ3) is 2.77. The van der Waals surface area contributed by atoms with Crippen molar-refractivity contribution >= 4 is 5.97 Å². The molecule has 4 fully saturated rings. The van der Waals surface area contributed by atoms with Crippen molar-refractivity contribution in [2.75, 3.05) is 7.11 Å². The molecular formula is C31H50O3. The third-order valence-corrected chi connectivity index (χ3v) is 13.5. The van der Waals surface area contributed by atoms with Gasteiger partial charge in [0.15, 0.2) is 0 Å². The maximum atomic E-state index is 13.1. The zero-order valence-electron chi connectivity index (χ0n) is 23.2. The van der Waals surface area contributed by atoms with Crippen LogP contribution in [0.5, 0.6) is 0 Å². The molecule has 0 aromatic rings. The van der Waals surface area contributed by atoms with Gasteiger partial charge in [-0.3, -0.25) is 4.79 Å². The SMILES string of the molecule is COC(=O)[C@]1(C)[C@@H]2CC[C@]3(C)[C@H](CC[C@@H]4[C@@]5(C)CCC(C(C)C)=C5CC[C@]43C)[C@@]2(C)CC[C@@H]1O. The second kappa shape index (κ2) is 7.59. The highest BCUT2D eigenvalue weighted by Gasteiger charge is 2.71. The Morgan fingerprint density at radius 2 is 1.50 bits per heavy atom. The zero-order chi connectivity index (χ0) is 24.9. The number of aliphatic hydroxyl groups excluding tert-OH is 1. The molecule has 4 saturated carbocycles. The molecule has 5 aliphatic carbocycles. The van der Waals surface area contributed by atoms with Crippen molar-refractivity contribution in [3.05, 3.63) is 11.1 Å². The van der Waals surface area contributed by atoms with Gasteiger partial charge in [-0.25, -0.2) is 0 Å². The van der Waals surface area contributed by atoms with Crippen LogP contribution >= 0.6 is 0 Å². The lowest BCUT2D eigenvalue weighted by molar-refractivity contribution is -0.245. The molecule has 0 amide bonds. The molecule has 1 N–H and O–H groups in total. The highest BCUT2D eigenvalue weighted by atomic mass is 16.5. The number of hydrogen-bond acceptors (Lipinski definition) is 3. The quantitative estimate of drug-likeness (QED) is 0.340. The Bertz CT molecular complexity index is 904. The summed E-state index contributed by atoms with van der Waals surface area (Å²) in [5, 5.41) is 11.1. The maximum Gasteiger partial charge on any atom is 0.314 e. The van der Waals surface area contributed by atoms with E-state index in [1.807, 2.05) is 12.5 Å². The minimum atomic E-state index is -0.785. The molecule has 0 bridgehead atoms. The van der Waals surface area contributed by atoms with Gasteiger partial charge in [0.25, 0.3) is 0 Å². The summed E-state index contributed by atoms with van der Waals surface area (Å²) in [4.78, 5) is 13.1. The first-order chi connectivity index (χ1) is 15.8. The van der Waals surface area contributed by atoms with Crippen molar-refractivity contribution in [2.45, 2.75) is 119 Å². The number of esters is 1. The first-order valence-electron chi connectivity index (χ1n) is 14.3. The van der Waals surface area contributed by atoms with Crippen molar-refractivity contribution < 1.29 is 14.6 Å². The van der Waals surface area contributed by atoms with Crippen molar-refractivity contribution in [1.29, 1.82) is 0 Å². The monoisotopic (exact) mass is 470 g/mol. The second-order valence-corrected chi connectivity index (χ2v) is 14.5. The van der Waals surface area contributed by atoms with Crippen molar-refractivity contribution in [1.82, 2.24) is 0 Å². The molecule has 192 valence electrons. The van der Waals surface area contributed by atoms with Crippen molar-refractivity contribution in [3.63, 3.8) is 0 Å². The Balaban J connectivity index is 1.55. The van der Waals surface area contributed by atoms with E-state index in [1.165, 1.54) is 52.1 Å². The van der Waals surface area contributed by atoms with E-state index >= 15 is 0 Å². The highest BCUT2D eigenvalue weighted by Crippen LogP contribution is 2.77. The summed E-state index contributed by atoms with van der Waals surface area (Å²) in [6, 6.07) is 0. The molecule has 0 unspecified atom stereocenters. The van der Waals surface area contributed by atoms with Gasteiger partial charge in [0.05, 0.1) is 18.6 Å². The number of hydrogen-bond donors (Lipinski definition) is 1. The van der Waals surface area contributed by atoms with Crippen LogP contribution < -0.4 is 0 Å². The molecule has 34 heavy (non-hydrogen) atoms. The Hall–Kier alpha value is -0.830. The normalized spacial score (nSPS) is 52.5. The predicted octanol–water partition coefficient (Wildman–Crippen LogP) is 7.32. The summed E-state index contributed by atoms with van der Waals surface area (Å²) in [5.41, 5.74) is 3.92. The first kappa shape index (κ1) is 24.8. The van der Waals surface area contributed by atoms with Gasteiger partial charge in [-0.15, -0.1) is 0 Å². The smallest absolute Gasteiger partial charge is 0.314 e. The van der Waals surface area contributed by atoms with Crippen LogP contribution in [-0.2, 0) is 9.53 Å². The van der Waals surface area contributed by atoms with Crippen LogP contribution in [0.4, 0.5) is 0 Å². The molecule has 9 atom stereocenters. The number of fused-ring (bicyclic) bond motifs is 7. The molecule has 5 rings (SSSR count). The number of carbonyl (C=O) groups is 1. The van der Waals surface area contributed by atoms with Gasteiger partial charge in [-0.05, 0) is 116 Å². The largest absolute Gasteiger partial charge is 0.469 e. The molecule has 5 aliphatic rings. The van der Waals surface area contributed by atoms with Gasteiger partial charge in [0.1, 0.15) is 0 Å². The number of ether oxygens (including phenoxy) is 1. The van der Waals surface area contributed by atoms with E-state index in [0.29, 0.717) is 29.1 Å². The van der Waals surface area contributed by atoms with Gasteiger partial charge in [0.2, 0.25) is 0 Å². The van der Waals surface area contributed by atoms with E-state index in [4.69, 9.17) is 4.74 Å². The molecule has 3 nitrogen and oxygen atoms in total. The van der Waals surface area contributed by atoms with Crippen molar-refractivity contribution in [3.8, 4) is 0 Å². The fraction of sp³-hybridized carbons (Fsp3) is 0.903. The molecular weight excluding hydrogens is 420 g/mol. The Morgan fingerprint density at radius 1 is 0.853 bits per heavy atom. The van der Waals surface area contributed by atoms with Crippen LogP contribution in [0.1, 0.15) is 113 Å². The van der Waals surface area contributed by atoms with E-state index in [1.54, 1.807) is 5.57 Å². The molecule has 0 heterocycles. The molecule has 0 aromatic carbocycles. The number of aliphatic hydroxyl groups is 1. The highest BCUT2D eigenvalue weighted by molar-refractivity contribution is 5.78. The topological polar surface area (TPSA) is 46.5 Å². The van der Waals surface area contributed by atoms with Crippen LogP contribution in [0.2, 0.25) is 0 Å². The van der Waals surface area contributed by atoms with Crippen LogP contribution in [0.15, 0.2) is 11.1 Å². The zero-order valence-corrected chi connectivity index (χ0v) is 23.2. The van der Waals surface area contributed by atoms with Gasteiger partial charge >= 0.3 is 5.97 Å². The van der Waals surface area contributed by atoms with Crippen LogP contribution in [-0.4, -0.2) is 24.3 Å². The van der Waals surface area contributed by atoms with Gasteiger partial charge < -0.3 is 9.84 Å². The molecule has 3 heteroatoms. The summed E-state index contributed by atoms with van der Waals surface area (Å²) < 4.78 is 5.31. The van der Waals surface area contributed by atoms with E-state index in [2.05, 4.69) is 41.5 Å². The summed E-state index contributed by atoms with van der Waals surface area (Å²) >= 11 is 0. The van der Waals surface area contributed by atoms with Crippen molar-refractivity contribution in [2.24, 2.45) is 50.7 Å². The maximum absolute atomic E-state index is 13.1. The van der Waals surface area contributed by atoms with Gasteiger partial charge in [0, 0.05) is 0 Å². The fourth-order valence-electron chi connectivity index (χ4n) is 11.5. The molecule has 0 radical (unpaired) electrons. The lowest BCUT2D eigenvalue weighted by Crippen LogP contribution is -2.67. The summed E-state index contributed by atoms with van der Waals surface area (Å²) in [7, 11) is 1.49. The average Bonchev–Trinajstić information content (AvgIpc) is 3.14. The van der Waals surface area contributed by atoms with E-state index in [0.717, 1.165) is 18.8 Å². The number of carbonyl (C=O) groups excluding carboxylic acids is 1. The van der Waals surface area contributed by atoms with Gasteiger partial charge in [-0.2, -0.15) is 0 Å². The number of rotatable bonds is 2. The van der Waals surface area contributed by atoms with Gasteiger partial charge in [-0.1, -0.05) is 52.7 Å². The lowest BCUT2D eigenvalue weighted by Gasteiger charge is -2.72. The van der Waals surface area contributed by atoms with E-state index in [9.17, 15) is 9.90 Å². The third-order valence-electron chi connectivity index (χ3n) is 13.5. The standard InChI is InChI=1S/C31H50O3/c1-19(2)20-11-15-27(3)21(20)12-17-29(5)22(27)9-10-23-28(4)16-14-25(32)31(7,26(33)34-8)24(28)13-18-30(23,29)6/h19,22-25,32H,9-18H2,1-8H3/t22-,23-,24-,25+,27+,28-,29-,30-,31-/m1/s1. The van der Waals surface area contributed by atoms with E-state index in [-0.39, 0.29) is 22.7 Å². The average molecular weight is 471 g/mol. The van der Waals surface area contributed by atoms with Crippen LogP contribution in [0.3, 0.4) is 0 Å². The first-order valence-corrected chi connectivity index (χ1v) is 14.3. The molecule has 0 spiro atoms. The fourth-order valence-corrected chi connectivity index (χ4v) is 11.5. The Morgan fingerprint density at radius 3 is 2.15 bits per heavy atom. The number of methoxy groups -OCH3 is 1. The van der Waals surface area contributed by atoms with Crippen LogP contribution in [0.25, 0.3) is 0 Å². The predicted molar refractivity (Wildman–Crippen MR) is 137 cm³/mol. The van der Waals surface area contributed by atoms with E-state index < -0.39 is 11.5 Å². The summed E-state index contributed by atoms with van der Waals surface area (Å²) in [5.74, 6) is 2.06. The molecule has 0 aromatic heterocycles.